The zero-order valence-corrected chi connectivity index (χ0v) is 15.2. The minimum Gasteiger partial charge on any atom is -0.480 e. The summed E-state index contributed by atoms with van der Waals surface area (Å²) in [5, 5.41) is 11.0. The van der Waals surface area contributed by atoms with Crippen LogP contribution < -0.4 is 10.9 Å². The number of carboxylic acid groups (broad SMARTS) is 1. The van der Waals surface area contributed by atoms with Gasteiger partial charge in [0.25, 0.3) is 11.5 Å². The predicted octanol–water partition coefficient (Wildman–Crippen LogP) is 3.27. The van der Waals surface area contributed by atoms with Crippen molar-refractivity contribution in [2.24, 2.45) is 0 Å². The average molecular weight is 417 g/mol. The van der Waals surface area contributed by atoms with Crippen molar-refractivity contribution in [1.29, 1.82) is 0 Å². The van der Waals surface area contributed by atoms with Crippen LogP contribution in [0.25, 0.3) is 11.1 Å². The summed E-state index contributed by atoms with van der Waals surface area (Å²) in [7, 11) is 0. The smallest absolute Gasteiger partial charge is 0.418 e. The molecule has 2 N–H and O–H groups in total. The van der Waals surface area contributed by atoms with E-state index < -0.39 is 41.4 Å². The molecule has 154 valence electrons. The van der Waals surface area contributed by atoms with Crippen molar-refractivity contribution in [2.75, 3.05) is 5.32 Å². The molecule has 0 aliphatic rings. The van der Waals surface area contributed by atoms with Crippen LogP contribution in [0, 0.1) is 0 Å². The number of aliphatic carboxylic acids is 1. The lowest BCUT2D eigenvalue weighted by Gasteiger charge is -2.15. The number of rotatable bonds is 5. The molecule has 0 saturated heterocycles. The maximum Gasteiger partial charge on any atom is 0.418 e. The Morgan fingerprint density at radius 3 is 2.47 bits per heavy atom. The number of nitrogens with zero attached hydrogens (tertiary/aromatic N) is 2. The summed E-state index contributed by atoms with van der Waals surface area (Å²) in [5.74, 6) is -2.27. The maximum atomic E-state index is 13.3. The molecule has 1 aromatic carbocycles. The van der Waals surface area contributed by atoms with E-state index in [0.717, 1.165) is 0 Å². The van der Waals surface area contributed by atoms with Gasteiger partial charge >= 0.3 is 12.1 Å². The minimum absolute atomic E-state index is 0.0699. The Bertz CT molecular complexity index is 1160. The molecule has 0 spiro atoms. The molecule has 0 atom stereocenters. The second-order valence-electron chi connectivity index (χ2n) is 6.24. The normalized spacial score (nSPS) is 11.2. The lowest BCUT2D eigenvalue weighted by atomic mass is 10.0. The lowest BCUT2D eigenvalue weighted by molar-refractivity contribution is -0.137. The van der Waals surface area contributed by atoms with Crippen LogP contribution in [0.4, 0.5) is 18.9 Å². The number of alkyl halides is 3. The van der Waals surface area contributed by atoms with E-state index in [1.807, 2.05) is 0 Å². The highest BCUT2D eigenvalue weighted by Gasteiger charge is 2.35. The Morgan fingerprint density at radius 2 is 1.83 bits per heavy atom. The third-order valence-electron chi connectivity index (χ3n) is 4.10. The molecule has 7 nitrogen and oxygen atoms in total. The van der Waals surface area contributed by atoms with E-state index in [4.69, 9.17) is 5.11 Å². The van der Waals surface area contributed by atoms with Crippen LogP contribution in [0.3, 0.4) is 0 Å². The predicted molar refractivity (Wildman–Crippen MR) is 101 cm³/mol. The fourth-order valence-electron chi connectivity index (χ4n) is 2.74. The molecular weight excluding hydrogens is 403 g/mol. The van der Waals surface area contributed by atoms with Gasteiger partial charge < -0.3 is 15.0 Å². The highest BCUT2D eigenvalue weighted by Crippen LogP contribution is 2.34. The molecule has 0 aliphatic heterocycles. The van der Waals surface area contributed by atoms with Gasteiger partial charge in [-0.05, 0) is 23.8 Å². The van der Waals surface area contributed by atoms with Crippen LogP contribution in [0.1, 0.15) is 15.9 Å². The first kappa shape index (κ1) is 20.8. The van der Waals surface area contributed by atoms with E-state index in [1.165, 1.54) is 12.1 Å². The number of anilines is 1. The van der Waals surface area contributed by atoms with E-state index in [2.05, 4.69) is 10.3 Å². The number of nitrogens with one attached hydrogen (secondary N) is 1. The van der Waals surface area contributed by atoms with Gasteiger partial charge in [0, 0.05) is 35.8 Å². The van der Waals surface area contributed by atoms with Crippen LogP contribution in [0.15, 0.2) is 65.8 Å². The quantitative estimate of drug-likeness (QED) is 0.664. The topological polar surface area (TPSA) is 101 Å². The number of carboxylic acids is 1. The molecule has 3 rings (SSSR count). The fourth-order valence-corrected chi connectivity index (χ4v) is 2.74. The van der Waals surface area contributed by atoms with Gasteiger partial charge in [0.1, 0.15) is 6.54 Å². The number of carbonyl (C=O) groups excluding carboxylic acids is 1. The lowest BCUT2D eigenvalue weighted by Crippen LogP contribution is -2.27. The van der Waals surface area contributed by atoms with Crippen molar-refractivity contribution in [2.45, 2.75) is 12.7 Å². The van der Waals surface area contributed by atoms with Gasteiger partial charge in [-0.15, -0.1) is 0 Å². The van der Waals surface area contributed by atoms with E-state index >= 15 is 0 Å². The van der Waals surface area contributed by atoms with Gasteiger partial charge in [-0.1, -0.05) is 18.2 Å². The molecule has 0 aliphatic carbocycles. The number of hydrogen-bond donors (Lipinski definition) is 2. The second-order valence-corrected chi connectivity index (χ2v) is 6.24. The first-order valence-corrected chi connectivity index (χ1v) is 8.50. The van der Waals surface area contributed by atoms with E-state index in [-0.39, 0.29) is 11.6 Å². The zero-order chi connectivity index (χ0) is 21.9. The number of aromatic nitrogens is 2. The van der Waals surface area contributed by atoms with Crippen LogP contribution in [0.2, 0.25) is 0 Å². The van der Waals surface area contributed by atoms with Crippen molar-refractivity contribution in [3.63, 3.8) is 0 Å². The highest BCUT2D eigenvalue weighted by molar-refractivity contribution is 6.05. The largest absolute Gasteiger partial charge is 0.480 e. The Hall–Kier alpha value is -3.95. The molecule has 2 heterocycles. The maximum absolute atomic E-state index is 13.3. The van der Waals surface area contributed by atoms with Crippen LogP contribution >= 0.6 is 0 Å². The third kappa shape index (κ3) is 4.72. The van der Waals surface area contributed by atoms with Crippen molar-refractivity contribution < 1.29 is 27.9 Å². The van der Waals surface area contributed by atoms with Crippen molar-refractivity contribution in [3.05, 3.63) is 82.5 Å². The second kappa shape index (κ2) is 8.19. The summed E-state index contributed by atoms with van der Waals surface area (Å²) in [5.41, 5.74) is -1.84. The first-order chi connectivity index (χ1) is 14.1. The molecule has 30 heavy (non-hydrogen) atoms. The van der Waals surface area contributed by atoms with E-state index in [1.54, 1.807) is 36.7 Å². The van der Waals surface area contributed by atoms with Crippen molar-refractivity contribution in [3.8, 4) is 11.1 Å². The summed E-state index contributed by atoms with van der Waals surface area (Å²) in [6, 6.07) is 9.87. The number of hydrogen-bond acceptors (Lipinski definition) is 4. The van der Waals surface area contributed by atoms with Crippen LogP contribution in [0.5, 0.6) is 0 Å². The minimum atomic E-state index is -4.93. The van der Waals surface area contributed by atoms with E-state index in [0.29, 0.717) is 21.9 Å². The summed E-state index contributed by atoms with van der Waals surface area (Å²) < 4.78 is 40.6. The summed E-state index contributed by atoms with van der Waals surface area (Å²) >= 11 is 0. The number of carbonyl (C=O) groups is 2. The first-order valence-electron chi connectivity index (χ1n) is 8.50. The Kier molecular flexibility index (Phi) is 5.67. The van der Waals surface area contributed by atoms with Crippen molar-refractivity contribution in [1.82, 2.24) is 9.55 Å². The van der Waals surface area contributed by atoms with Gasteiger partial charge in [-0.3, -0.25) is 19.4 Å². The monoisotopic (exact) mass is 417 g/mol. The van der Waals surface area contributed by atoms with Crippen molar-refractivity contribution >= 4 is 17.6 Å². The van der Waals surface area contributed by atoms with Gasteiger partial charge in [-0.25, -0.2) is 0 Å². The molecule has 0 saturated carbocycles. The SMILES string of the molecule is O=C(O)Cn1cc(NC(=O)c2cccc(-c3cccnc3)c2)c(C(F)(F)F)cc1=O. The Labute approximate surface area is 167 Å². The zero-order valence-electron chi connectivity index (χ0n) is 15.2. The molecular formula is C20H14F3N3O4. The Balaban J connectivity index is 1.98. The van der Waals surface area contributed by atoms with Gasteiger partial charge in [0.2, 0.25) is 0 Å². The van der Waals surface area contributed by atoms with Gasteiger partial charge in [-0.2, -0.15) is 13.2 Å². The Morgan fingerprint density at radius 1 is 1.10 bits per heavy atom. The third-order valence-corrected chi connectivity index (χ3v) is 4.10. The molecule has 10 heteroatoms. The molecule has 0 bridgehead atoms. The van der Waals surface area contributed by atoms with Crippen LogP contribution in [-0.2, 0) is 17.5 Å². The van der Waals surface area contributed by atoms with E-state index in [9.17, 15) is 27.6 Å². The summed E-state index contributed by atoms with van der Waals surface area (Å²) in [4.78, 5) is 39.2. The molecule has 2 aromatic heterocycles. The summed E-state index contributed by atoms with van der Waals surface area (Å²) in [6.07, 6.45) is -1.12. The molecule has 0 unspecified atom stereocenters. The molecule has 0 fully saturated rings. The molecule has 3 aromatic rings. The molecule has 1 amide bonds. The van der Waals surface area contributed by atoms with Crippen LogP contribution in [-0.4, -0.2) is 26.5 Å². The highest BCUT2D eigenvalue weighted by atomic mass is 19.4. The number of amides is 1. The molecule has 0 radical (unpaired) electrons. The average Bonchev–Trinajstić information content (AvgIpc) is 2.70. The standard InChI is InChI=1S/C20H14F3N3O4/c21-20(22,23)15-8-17(27)26(11-18(28)29)10-16(15)25-19(30)13-4-1-3-12(7-13)14-5-2-6-24-9-14/h1-10H,11H2,(H,25,30)(H,28,29). The fraction of sp³-hybridized carbons (Fsp3) is 0.100. The number of pyridine rings is 2. The summed E-state index contributed by atoms with van der Waals surface area (Å²) in [6.45, 7) is -0.851. The van der Waals surface area contributed by atoms with Gasteiger partial charge in [0.15, 0.2) is 0 Å². The van der Waals surface area contributed by atoms with Gasteiger partial charge in [0.05, 0.1) is 11.3 Å². The number of halogens is 3. The number of benzene rings is 1.